The third-order valence-corrected chi connectivity index (χ3v) is 3.98. The van der Waals surface area contributed by atoms with Gasteiger partial charge in [-0.1, -0.05) is 32.9 Å². The predicted molar refractivity (Wildman–Crippen MR) is 97.8 cm³/mol. The molecule has 2 aromatic rings. The van der Waals surface area contributed by atoms with Crippen LogP contribution in [0.1, 0.15) is 53.2 Å². The number of alkyl halides is 2. The first-order valence-electron chi connectivity index (χ1n) is 8.83. The number of nitrogens with two attached hydrogens (primary N) is 1. The normalized spacial score (nSPS) is 14.4. The van der Waals surface area contributed by atoms with Gasteiger partial charge in [0.05, 0.1) is 6.10 Å². The minimum atomic E-state index is -2.92. The molecule has 28 heavy (non-hydrogen) atoms. The third-order valence-electron chi connectivity index (χ3n) is 3.98. The maximum Gasteiger partial charge on any atom is 0.335 e. The predicted octanol–water partition coefficient (Wildman–Crippen LogP) is 4.02. The number of halogens is 3. The Hall–Kier alpha value is -2.42. The molecule has 0 amide bonds. The molecule has 6 nitrogen and oxygen atoms in total. The van der Waals surface area contributed by atoms with Gasteiger partial charge in [-0.05, 0) is 31.7 Å². The first-order valence-corrected chi connectivity index (χ1v) is 8.83. The van der Waals surface area contributed by atoms with Crippen LogP contribution in [0.2, 0.25) is 0 Å². The first kappa shape index (κ1) is 21.9. The van der Waals surface area contributed by atoms with Gasteiger partial charge in [-0.2, -0.15) is 18.6 Å². The summed E-state index contributed by atoms with van der Waals surface area (Å²) >= 11 is 0. The number of hydrogen-bond donors (Lipinski definition) is 1. The minimum absolute atomic E-state index is 0.0695. The molecule has 0 radical (unpaired) electrons. The summed E-state index contributed by atoms with van der Waals surface area (Å²) in [4.78, 5) is 16.5. The summed E-state index contributed by atoms with van der Waals surface area (Å²) in [6.45, 7) is 6.03. The van der Waals surface area contributed by atoms with E-state index in [9.17, 15) is 13.6 Å². The van der Waals surface area contributed by atoms with Crippen molar-refractivity contribution in [3.05, 3.63) is 35.9 Å². The van der Waals surface area contributed by atoms with E-state index in [1.165, 1.54) is 12.1 Å². The van der Waals surface area contributed by atoms with Crippen molar-refractivity contribution in [3.63, 3.8) is 0 Å². The van der Waals surface area contributed by atoms with E-state index in [1.54, 1.807) is 13.8 Å². The number of carbonyl (C=O) groups is 1. The quantitative estimate of drug-likeness (QED) is 0.743. The number of ether oxygens (including phenoxy) is 1. The lowest BCUT2D eigenvalue weighted by Crippen LogP contribution is -2.49. The van der Waals surface area contributed by atoms with Crippen LogP contribution in [-0.2, 0) is 15.1 Å². The second kappa shape index (κ2) is 7.90. The fourth-order valence-electron chi connectivity index (χ4n) is 3.05. The van der Waals surface area contributed by atoms with E-state index in [0.717, 1.165) is 12.4 Å². The molecule has 0 fully saturated rings. The van der Waals surface area contributed by atoms with Gasteiger partial charge in [-0.3, -0.25) is 0 Å². The molecule has 0 saturated heterocycles. The van der Waals surface area contributed by atoms with E-state index in [1.807, 2.05) is 20.8 Å². The van der Waals surface area contributed by atoms with Crippen molar-refractivity contribution in [3.8, 4) is 11.4 Å². The first-order chi connectivity index (χ1) is 12.8. The summed E-state index contributed by atoms with van der Waals surface area (Å²) in [5.74, 6) is -1.75. The molecule has 0 saturated carbocycles. The van der Waals surface area contributed by atoms with Crippen molar-refractivity contribution in [2.24, 2.45) is 11.1 Å². The molecule has 0 aliphatic heterocycles. The Morgan fingerprint density at radius 3 is 2.43 bits per heavy atom. The SMILES string of the molecule is CC(C)OC(=O)[C@@](N)(CC(C)(C)C)c1ccc(-c2ncnn2C(F)F)cc1F. The molecule has 0 unspecified atom stereocenters. The number of rotatable bonds is 6. The van der Waals surface area contributed by atoms with Gasteiger partial charge in [0.25, 0.3) is 0 Å². The van der Waals surface area contributed by atoms with Gasteiger partial charge < -0.3 is 10.5 Å². The number of hydrogen-bond acceptors (Lipinski definition) is 5. The van der Waals surface area contributed by atoms with E-state index in [-0.39, 0.29) is 23.4 Å². The fraction of sp³-hybridized carbons (Fsp3) is 0.526. The third kappa shape index (κ3) is 4.70. The zero-order chi connectivity index (χ0) is 21.3. The summed E-state index contributed by atoms with van der Waals surface area (Å²) in [6.07, 6.45) is 0.650. The Morgan fingerprint density at radius 1 is 1.29 bits per heavy atom. The van der Waals surface area contributed by atoms with Crippen LogP contribution in [0, 0.1) is 11.2 Å². The van der Waals surface area contributed by atoms with Crippen LogP contribution in [0.3, 0.4) is 0 Å². The zero-order valence-corrected chi connectivity index (χ0v) is 16.5. The standard InChI is InChI=1S/C19H25F3N4O2/c1-11(2)28-16(27)19(23,9-18(3,4)5)13-7-6-12(8-14(13)20)15-24-10-25-26(15)17(21)22/h6-8,10-11,17H,9,23H2,1-5H3/t19-/m1/s1. The molecular formula is C19H25F3N4O2. The van der Waals surface area contributed by atoms with E-state index in [4.69, 9.17) is 10.5 Å². The number of carbonyl (C=O) groups excluding carboxylic acids is 1. The highest BCUT2D eigenvalue weighted by Gasteiger charge is 2.43. The van der Waals surface area contributed by atoms with Gasteiger partial charge in [-0.15, -0.1) is 0 Å². The van der Waals surface area contributed by atoms with E-state index in [2.05, 4.69) is 10.1 Å². The Morgan fingerprint density at radius 2 is 1.93 bits per heavy atom. The molecule has 2 N–H and O–H groups in total. The molecular weight excluding hydrogens is 373 g/mol. The Kier molecular flexibility index (Phi) is 6.18. The van der Waals surface area contributed by atoms with Crippen molar-refractivity contribution in [1.82, 2.24) is 14.8 Å². The average Bonchev–Trinajstić information content (AvgIpc) is 3.02. The average molecular weight is 398 g/mol. The second-order valence-corrected chi connectivity index (χ2v) is 8.16. The summed E-state index contributed by atoms with van der Waals surface area (Å²) in [5, 5.41) is 3.44. The summed E-state index contributed by atoms with van der Waals surface area (Å²) in [5.41, 5.74) is 4.25. The van der Waals surface area contributed by atoms with Crippen LogP contribution in [0.4, 0.5) is 13.2 Å². The lowest BCUT2D eigenvalue weighted by atomic mass is 9.76. The van der Waals surface area contributed by atoms with Crippen molar-refractivity contribution in [1.29, 1.82) is 0 Å². The molecule has 2 rings (SSSR count). The van der Waals surface area contributed by atoms with Crippen LogP contribution >= 0.6 is 0 Å². The van der Waals surface area contributed by atoms with Gasteiger partial charge in [0, 0.05) is 11.1 Å². The Balaban J connectivity index is 2.53. The highest BCUT2D eigenvalue weighted by Crippen LogP contribution is 2.36. The van der Waals surface area contributed by atoms with E-state index in [0.29, 0.717) is 4.68 Å². The van der Waals surface area contributed by atoms with Crippen molar-refractivity contribution in [2.75, 3.05) is 0 Å². The van der Waals surface area contributed by atoms with Crippen LogP contribution < -0.4 is 5.73 Å². The van der Waals surface area contributed by atoms with Gasteiger partial charge >= 0.3 is 12.5 Å². The molecule has 0 spiro atoms. The van der Waals surface area contributed by atoms with Crippen LogP contribution in [0.5, 0.6) is 0 Å². The van der Waals surface area contributed by atoms with Crippen LogP contribution in [0.25, 0.3) is 11.4 Å². The van der Waals surface area contributed by atoms with Crippen molar-refractivity contribution in [2.45, 2.75) is 59.2 Å². The molecule has 0 bridgehead atoms. The number of esters is 1. The fourth-order valence-corrected chi connectivity index (χ4v) is 3.05. The monoisotopic (exact) mass is 398 g/mol. The Bertz CT molecular complexity index is 846. The summed E-state index contributed by atoms with van der Waals surface area (Å²) < 4.78 is 46.7. The highest BCUT2D eigenvalue weighted by molar-refractivity contribution is 5.83. The number of aromatic nitrogens is 3. The molecule has 0 aliphatic carbocycles. The highest BCUT2D eigenvalue weighted by atomic mass is 19.3. The maximum absolute atomic E-state index is 15.0. The maximum atomic E-state index is 15.0. The zero-order valence-electron chi connectivity index (χ0n) is 16.5. The molecule has 1 atom stereocenters. The summed E-state index contributed by atoms with van der Waals surface area (Å²) in [6, 6.07) is 3.71. The van der Waals surface area contributed by atoms with Crippen molar-refractivity contribution >= 4 is 5.97 Å². The molecule has 1 aromatic carbocycles. The van der Waals surface area contributed by atoms with Gasteiger partial charge in [-0.25, -0.2) is 14.2 Å². The van der Waals surface area contributed by atoms with E-state index >= 15 is 4.39 Å². The van der Waals surface area contributed by atoms with Crippen LogP contribution in [-0.4, -0.2) is 26.8 Å². The van der Waals surface area contributed by atoms with Crippen molar-refractivity contribution < 1.29 is 22.7 Å². The smallest absolute Gasteiger partial charge is 0.335 e. The minimum Gasteiger partial charge on any atom is -0.461 e. The van der Waals surface area contributed by atoms with E-state index < -0.39 is 35.4 Å². The molecule has 9 heteroatoms. The lowest BCUT2D eigenvalue weighted by Gasteiger charge is -2.34. The lowest BCUT2D eigenvalue weighted by molar-refractivity contribution is -0.156. The molecule has 154 valence electrons. The molecule has 1 heterocycles. The molecule has 1 aromatic heterocycles. The number of nitrogens with zero attached hydrogens (tertiary/aromatic N) is 3. The second-order valence-electron chi connectivity index (χ2n) is 8.16. The largest absolute Gasteiger partial charge is 0.461 e. The van der Waals surface area contributed by atoms with Gasteiger partial charge in [0.15, 0.2) is 5.82 Å². The topological polar surface area (TPSA) is 83.0 Å². The van der Waals surface area contributed by atoms with Gasteiger partial charge in [0.2, 0.25) is 0 Å². The van der Waals surface area contributed by atoms with Crippen LogP contribution in [0.15, 0.2) is 24.5 Å². The van der Waals surface area contributed by atoms with Gasteiger partial charge in [0.1, 0.15) is 17.7 Å². The molecule has 0 aliphatic rings. The Labute approximate surface area is 161 Å². The number of benzene rings is 1. The summed E-state index contributed by atoms with van der Waals surface area (Å²) in [7, 11) is 0.